The number of carbonyl (C=O) groups excluding carboxylic acids is 2. The molecule has 0 fully saturated rings. The molecule has 2 N–H and O–H groups in total. The van der Waals surface area contributed by atoms with Crippen molar-refractivity contribution in [1.29, 1.82) is 0 Å². The fourth-order valence-electron chi connectivity index (χ4n) is 2.09. The second-order valence-electron chi connectivity index (χ2n) is 5.48. The van der Waals surface area contributed by atoms with Crippen LogP contribution in [0, 0.1) is 6.92 Å². The summed E-state index contributed by atoms with van der Waals surface area (Å²) in [6.07, 6.45) is 3.08. The molecular weight excluding hydrogens is 316 g/mol. The third-order valence-corrected chi connectivity index (χ3v) is 3.40. The van der Waals surface area contributed by atoms with Crippen molar-refractivity contribution in [1.82, 2.24) is 0 Å². The lowest BCUT2D eigenvalue weighted by atomic mass is 10.2. The molecule has 130 valence electrons. The molecule has 0 atom stereocenters. The third-order valence-electron chi connectivity index (χ3n) is 3.40. The molecule has 0 aliphatic rings. The molecule has 2 aromatic carbocycles. The number of aryl methyl sites for hydroxylation is 1. The first-order valence-corrected chi connectivity index (χ1v) is 8.12. The van der Waals surface area contributed by atoms with Crippen molar-refractivity contribution in [3.8, 4) is 0 Å². The minimum Gasteiger partial charge on any atom is -0.463 e. The van der Waals surface area contributed by atoms with Crippen LogP contribution in [0.3, 0.4) is 0 Å². The summed E-state index contributed by atoms with van der Waals surface area (Å²) < 4.78 is 4.83. The number of ether oxygens (including phenoxy) is 1. The number of rotatable bonds is 7. The molecule has 0 aliphatic heterocycles. The van der Waals surface area contributed by atoms with Gasteiger partial charge in [0.05, 0.1) is 13.2 Å². The summed E-state index contributed by atoms with van der Waals surface area (Å²) in [6.45, 7) is 4.29. The largest absolute Gasteiger partial charge is 0.463 e. The van der Waals surface area contributed by atoms with Crippen LogP contribution in [-0.2, 0) is 14.3 Å². The standard InChI is InChI=1S/C20H22N2O3/c1-3-25-20(24)13-8-16-6-11-17(12-7-16)21-14-19(23)22-18-9-4-15(2)5-10-18/h4-13,21H,3,14H2,1-2H3,(H,22,23)/b13-8+. The van der Waals surface area contributed by atoms with Crippen LogP contribution in [0.4, 0.5) is 11.4 Å². The van der Waals surface area contributed by atoms with E-state index in [1.54, 1.807) is 13.0 Å². The van der Waals surface area contributed by atoms with Crippen LogP contribution < -0.4 is 10.6 Å². The van der Waals surface area contributed by atoms with Gasteiger partial charge >= 0.3 is 5.97 Å². The van der Waals surface area contributed by atoms with E-state index in [1.165, 1.54) is 6.08 Å². The number of carbonyl (C=O) groups is 2. The molecule has 5 heteroatoms. The van der Waals surface area contributed by atoms with Gasteiger partial charge in [0.15, 0.2) is 0 Å². The van der Waals surface area contributed by atoms with E-state index in [1.807, 2.05) is 55.5 Å². The molecule has 0 radical (unpaired) electrons. The molecule has 0 saturated heterocycles. The predicted octanol–water partition coefficient (Wildman–Crippen LogP) is 3.62. The highest BCUT2D eigenvalue weighted by atomic mass is 16.5. The zero-order valence-electron chi connectivity index (χ0n) is 14.4. The van der Waals surface area contributed by atoms with Crippen LogP contribution in [0.5, 0.6) is 0 Å². The summed E-state index contributed by atoms with van der Waals surface area (Å²) >= 11 is 0. The smallest absolute Gasteiger partial charge is 0.330 e. The summed E-state index contributed by atoms with van der Waals surface area (Å²) in [5, 5.41) is 5.89. The van der Waals surface area contributed by atoms with Crippen LogP contribution in [0.15, 0.2) is 54.6 Å². The zero-order chi connectivity index (χ0) is 18.1. The van der Waals surface area contributed by atoms with E-state index >= 15 is 0 Å². The Balaban J connectivity index is 1.81. The number of hydrogen-bond acceptors (Lipinski definition) is 4. The van der Waals surface area contributed by atoms with Gasteiger partial charge in [-0.3, -0.25) is 4.79 Å². The monoisotopic (exact) mass is 338 g/mol. The van der Waals surface area contributed by atoms with E-state index in [0.29, 0.717) is 6.61 Å². The van der Waals surface area contributed by atoms with Crippen molar-refractivity contribution in [2.24, 2.45) is 0 Å². The number of amides is 1. The summed E-state index contributed by atoms with van der Waals surface area (Å²) in [5.41, 5.74) is 3.63. The molecule has 25 heavy (non-hydrogen) atoms. The van der Waals surface area contributed by atoms with Gasteiger partial charge in [0.2, 0.25) is 5.91 Å². The van der Waals surface area contributed by atoms with E-state index in [9.17, 15) is 9.59 Å². The molecule has 2 rings (SSSR count). The van der Waals surface area contributed by atoms with Gasteiger partial charge in [-0.05, 0) is 49.8 Å². The molecule has 1 amide bonds. The minimum absolute atomic E-state index is 0.116. The average molecular weight is 338 g/mol. The Morgan fingerprint density at radius 1 is 1.00 bits per heavy atom. The second-order valence-corrected chi connectivity index (χ2v) is 5.48. The highest BCUT2D eigenvalue weighted by Crippen LogP contribution is 2.11. The maximum Gasteiger partial charge on any atom is 0.330 e. The average Bonchev–Trinajstić information content (AvgIpc) is 2.61. The Kier molecular flexibility index (Phi) is 6.77. The molecule has 0 heterocycles. The lowest BCUT2D eigenvalue weighted by molar-refractivity contribution is -0.137. The van der Waals surface area contributed by atoms with E-state index in [2.05, 4.69) is 10.6 Å². The Labute approximate surface area is 147 Å². The quantitative estimate of drug-likeness (QED) is 0.598. The van der Waals surface area contributed by atoms with E-state index in [0.717, 1.165) is 22.5 Å². The summed E-state index contributed by atoms with van der Waals surface area (Å²) in [4.78, 5) is 23.2. The number of anilines is 2. The van der Waals surface area contributed by atoms with Gasteiger partial charge in [-0.15, -0.1) is 0 Å². The molecular formula is C20H22N2O3. The summed E-state index contributed by atoms with van der Waals surface area (Å²) in [6, 6.07) is 15.1. The van der Waals surface area contributed by atoms with Crippen LogP contribution >= 0.6 is 0 Å². The van der Waals surface area contributed by atoms with Crippen LogP contribution in [0.25, 0.3) is 6.08 Å². The highest BCUT2D eigenvalue weighted by Gasteiger charge is 2.02. The van der Waals surface area contributed by atoms with Crippen LogP contribution in [0.2, 0.25) is 0 Å². The van der Waals surface area contributed by atoms with Gasteiger partial charge < -0.3 is 15.4 Å². The van der Waals surface area contributed by atoms with Gasteiger partial charge in [0.25, 0.3) is 0 Å². The first kappa shape index (κ1) is 18.3. The van der Waals surface area contributed by atoms with Gasteiger partial charge in [-0.1, -0.05) is 29.8 Å². The van der Waals surface area contributed by atoms with E-state index < -0.39 is 0 Å². The number of hydrogen-bond donors (Lipinski definition) is 2. The molecule has 0 saturated carbocycles. The van der Waals surface area contributed by atoms with Crippen molar-refractivity contribution < 1.29 is 14.3 Å². The minimum atomic E-state index is -0.363. The van der Waals surface area contributed by atoms with E-state index in [-0.39, 0.29) is 18.4 Å². The summed E-state index contributed by atoms with van der Waals surface area (Å²) in [7, 11) is 0. The van der Waals surface area contributed by atoms with Crippen molar-refractivity contribution >= 4 is 29.3 Å². The number of nitrogens with one attached hydrogen (secondary N) is 2. The third kappa shape index (κ3) is 6.51. The zero-order valence-corrected chi connectivity index (χ0v) is 14.4. The first-order valence-electron chi connectivity index (χ1n) is 8.12. The lowest BCUT2D eigenvalue weighted by Gasteiger charge is -2.08. The van der Waals surface area contributed by atoms with Crippen molar-refractivity contribution in [2.45, 2.75) is 13.8 Å². The molecule has 0 aromatic heterocycles. The SMILES string of the molecule is CCOC(=O)/C=C/c1ccc(NCC(=O)Nc2ccc(C)cc2)cc1. The summed E-state index contributed by atoms with van der Waals surface area (Å²) in [5.74, 6) is -0.479. The lowest BCUT2D eigenvalue weighted by Crippen LogP contribution is -2.21. The van der Waals surface area contributed by atoms with Gasteiger partial charge in [0, 0.05) is 17.5 Å². The Bertz CT molecular complexity index is 735. The number of esters is 1. The number of benzene rings is 2. The highest BCUT2D eigenvalue weighted by molar-refractivity contribution is 5.93. The van der Waals surface area contributed by atoms with Gasteiger partial charge in [-0.2, -0.15) is 0 Å². The Hall–Kier alpha value is -3.08. The Morgan fingerprint density at radius 3 is 2.28 bits per heavy atom. The van der Waals surface area contributed by atoms with Gasteiger partial charge in [-0.25, -0.2) is 4.79 Å². The van der Waals surface area contributed by atoms with Crippen LogP contribution in [0.1, 0.15) is 18.1 Å². The van der Waals surface area contributed by atoms with Gasteiger partial charge in [0.1, 0.15) is 0 Å². The predicted molar refractivity (Wildman–Crippen MR) is 100 cm³/mol. The second kappa shape index (κ2) is 9.27. The molecule has 0 spiro atoms. The molecule has 0 aliphatic carbocycles. The molecule has 2 aromatic rings. The first-order chi connectivity index (χ1) is 12.1. The fourth-order valence-corrected chi connectivity index (χ4v) is 2.09. The maximum atomic E-state index is 11.9. The van der Waals surface area contributed by atoms with Crippen molar-refractivity contribution in [3.05, 3.63) is 65.7 Å². The fraction of sp³-hybridized carbons (Fsp3) is 0.200. The van der Waals surface area contributed by atoms with Crippen LogP contribution in [-0.4, -0.2) is 25.0 Å². The Morgan fingerprint density at radius 2 is 1.64 bits per heavy atom. The maximum absolute atomic E-state index is 11.9. The topological polar surface area (TPSA) is 67.4 Å². The van der Waals surface area contributed by atoms with E-state index in [4.69, 9.17) is 4.74 Å². The van der Waals surface area contributed by atoms with Crippen molar-refractivity contribution in [3.63, 3.8) is 0 Å². The normalized spacial score (nSPS) is 10.5. The molecule has 0 bridgehead atoms. The van der Waals surface area contributed by atoms with Crippen molar-refractivity contribution in [2.75, 3.05) is 23.8 Å². The molecule has 5 nitrogen and oxygen atoms in total. The molecule has 0 unspecified atom stereocenters.